The third kappa shape index (κ3) is 3.82. The van der Waals surface area contributed by atoms with E-state index in [0.717, 1.165) is 17.8 Å². The fraction of sp³-hybridized carbons (Fsp3) is 0.765. The molecule has 1 nitrogen and oxygen atoms in total. The number of piperidine rings is 1. The van der Waals surface area contributed by atoms with Gasteiger partial charge in [0.2, 0.25) is 0 Å². The molecule has 1 fully saturated rings. The van der Waals surface area contributed by atoms with Gasteiger partial charge in [-0.15, -0.1) is 11.3 Å². The lowest BCUT2D eigenvalue weighted by molar-refractivity contribution is 0.283. The smallest absolute Gasteiger partial charge is 0.0102 e. The Labute approximate surface area is 122 Å². The lowest BCUT2D eigenvalue weighted by Gasteiger charge is -2.33. The van der Waals surface area contributed by atoms with E-state index < -0.39 is 0 Å². The summed E-state index contributed by atoms with van der Waals surface area (Å²) in [6, 6.07) is 4.75. The van der Waals surface area contributed by atoms with Crippen LogP contribution in [0.5, 0.6) is 0 Å². The zero-order chi connectivity index (χ0) is 14.0. The Kier molecular flexibility index (Phi) is 4.73. The standard InChI is InChI=1S/C17H29NS/c1-12(2)10-13-11-18-9-8-14(13)15-6-7-16(19-15)17(3,4)5/h6-7,12-14,18H,8-11H2,1-5H3. The van der Waals surface area contributed by atoms with Gasteiger partial charge in [-0.1, -0.05) is 34.6 Å². The van der Waals surface area contributed by atoms with Crippen LogP contribution in [0, 0.1) is 11.8 Å². The molecule has 0 amide bonds. The van der Waals surface area contributed by atoms with Crippen LogP contribution >= 0.6 is 11.3 Å². The number of rotatable bonds is 3. The number of nitrogens with one attached hydrogen (secondary N) is 1. The molecule has 2 rings (SSSR count). The summed E-state index contributed by atoms with van der Waals surface area (Å²) < 4.78 is 0. The Morgan fingerprint density at radius 3 is 2.63 bits per heavy atom. The first-order chi connectivity index (χ1) is 8.88. The second-order valence-electron chi connectivity index (χ2n) is 7.44. The second kappa shape index (κ2) is 5.97. The average Bonchev–Trinajstić information content (AvgIpc) is 2.77. The maximum absolute atomic E-state index is 3.58. The van der Waals surface area contributed by atoms with Crippen LogP contribution in [-0.2, 0) is 5.41 Å². The van der Waals surface area contributed by atoms with Gasteiger partial charge in [0.05, 0.1) is 0 Å². The fourth-order valence-electron chi connectivity index (χ4n) is 3.11. The van der Waals surface area contributed by atoms with E-state index >= 15 is 0 Å². The molecule has 0 saturated carbocycles. The van der Waals surface area contributed by atoms with Gasteiger partial charge < -0.3 is 5.32 Å². The molecule has 2 unspecified atom stereocenters. The zero-order valence-corrected chi connectivity index (χ0v) is 13.9. The molecular weight excluding hydrogens is 250 g/mol. The third-order valence-corrected chi connectivity index (χ3v) is 5.76. The molecule has 0 spiro atoms. The van der Waals surface area contributed by atoms with Crippen LogP contribution in [0.1, 0.15) is 63.1 Å². The molecular formula is C17H29NS. The van der Waals surface area contributed by atoms with Gasteiger partial charge >= 0.3 is 0 Å². The Morgan fingerprint density at radius 2 is 2.05 bits per heavy atom. The van der Waals surface area contributed by atoms with Crippen molar-refractivity contribution >= 4 is 11.3 Å². The molecule has 108 valence electrons. The van der Waals surface area contributed by atoms with Crippen molar-refractivity contribution in [1.82, 2.24) is 5.32 Å². The molecule has 0 aromatic carbocycles. The van der Waals surface area contributed by atoms with Crippen molar-refractivity contribution in [2.45, 2.75) is 58.8 Å². The van der Waals surface area contributed by atoms with Gasteiger partial charge in [-0.25, -0.2) is 0 Å². The first-order valence-electron chi connectivity index (χ1n) is 7.69. The van der Waals surface area contributed by atoms with Crippen molar-refractivity contribution in [3.63, 3.8) is 0 Å². The highest BCUT2D eigenvalue weighted by Gasteiger charge is 2.29. The summed E-state index contributed by atoms with van der Waals surface area (Å²) in [5.41, 5.74) is 0.295. The van der Waals surface area contributed by atoms with E-state index in [2.05, 4.69) is 52.1 Å². The van der Waals surface area contributed by atoms with Crippen molar-refractivity contribution in [2.24, 2.45) is 11.8 Å². The monoisotopic (exact) mass is 279 g/mol. The number of hydrogen-bond donors (Lipinski definition) is 1. The van der Waals surface area contributed by atoms with E-state index in [1.807, 2.05) is 11.3 Å². The first kappa shape index (κ1) is 15.1. The van der Waals surface area contributed by atoms with E-state index in [-0.39, 0.29) is 0 Å². The van der Waals surface area contributed by atoms with Crippen LogP contribution in [0.2, 0.25) is 0 Å². The van der Waals surface area contributed by atoms with E-state index in [9.17, 15) is 0 Å². The number of thiophene rings is 1. The lowest BCUT2D eigenvalue weighted by atomic mass is 9.80. The van der Waals surface area contributed by atoms with Gasteiger partial charge in [-0.2, -0.15) is 0 Å². The highest BCUT2D eigenvalue weighted by molar-refractivity contribution is 7.12. The molecule has 1 saturated heterocycles. The van der Waals surface area contributed by atoms with Crippen LogP contribution in [0.15, 0.2) is 12.1 Å². The average molecular weight is 279 g/mol. The van der Waals surface area contributed by atoms with Gasteiger partial charge in [0, 0.05) is 9.75 Å². The van der Waals surface area contributed by atoms with Crippen molar-refractivity contribution in [2.75, 3.05) is 13.1 Å². The largest absolute Gasteiger partial charge is 0.316 e. The Balaban J connectivity index is 2.15. The predicted molar refractivity (Wildman–Crippen MR) is 86.2 cm³/mol. The minimum Gasteiger partial charge on any atom is -0.316 e. The zero-order valence-electron chi connectivity index (χ0n) is 13.1. The predicted octanol–water partition coefficient (Wildman–Crippen LogP) is 4.78. The Hall–Kier alpha value is -0.340. The maximum atomic E-state index is 3.58. The minimum atomic E-state index is 0.295. The van der Waals surface area contributed by atoms with Gasteiger partial charge in [-0.3, -0.25) is 0 Å². The van der Waals surface area contributed by atoms with Gasteiger partial charge in [0.25, 0.3) is 0 Å². The maximum Gasteiger partial charge on any atom is 0.0102 e. The first-order valence-corrected chi connectivity index (χ1v) is 8.50. The Bertz CT molecular complexity index is 400. The molecule has 1 N–H and O–H groups in total. The van der Waals surface area contributed by atoms with E-state index in [1.54, 1.807) is 4.88 Å². The van der Waals surface area contributed by atoms with Crippen LogP contribution < -0.4 is 5.32 Å². The molecule has 2 heteroatoms. The van der Waals surface area contributed by atoms with Crippen molar-refractivity contribution in [3.8, 4) is 0 Å². The molecule has 1 aromatic rings. The summed E-state index contributed by atoms with van der Waals surface area (Å²) >= 11 is 2.05. The lowest BCUT2D eigenvalue weighted by Crippen LogP contribution is -2.35. The van der Waals surface area contributed by atoms with Crippen LogP contribution in [0.3, 0.4) is 0 Å². The molecule has 0 bridgehead atoms. The van der Waals surface area contributed by atoms with Crippen LogP contribution in [-0.4, -0.2) is 13.1 Å². The molecule has 1 aromatic heterocycles. The normalized spacial score (nSPS) is 24.9. The van der Waals surface area contributed by atoms with E-state index in [1.165, 1.54) is 30.8 Å². The summed E-state index contributed by atoms with van der Waals surface area (Å²) in [5.74, 6) is 2.40. The van der Waals surface area contributed by atoms with Crippen molar-refractivity contribution < 1.29 is 0 Å². The summed E-state index contributed by atoms with van der Waals surface area (Å²) in [6.45, 7) is 14.0. The van der Waals surface area contributed by atoms with Crippen molar-refractivity contribution in [1.29, 1.82) is 0 Å². The van der Waals surface area contributed by atoms with Gasteiger partial charge in [-0.05, 0) is 61.2 Å². The van der Waals surface area contributed by atoms with Crippen LogP contribution in [0.25, 0.3) is 0 Å². The number of hydrogen-bond acceptors (Lipinski definition) is 2. The summed E-state index contributed by atoms with van der Waals surface area (Å²) in [6.07, 6.45) is 2.65. The van der Waals surface area contributed by atoms with E-state index in [4.69, 9.17) is 0 Å². The summed E-state index contributed by atoms with van der Waals surface area (Å²) in [4.78, 5) is 3.15. The highest BCUT2D eigenvalue weighted by Crippen LogP contribution is 2.40. The van der Waals surface area contributed by atoms with Crippen molar-refractivity contribution in [3.05, 3.63) is 21.9 Å². The van der Waals surface area contributed by atoms with E-state index in [0.29, 0.717) is 5.41 Å². The highest BCUT2D eigenvalue weighted by atomic mass is 32.1. The quantitative estimate of drug-likeness (QED) is 0.839. The third-order valence-electron chi connectivity index (χ3n) is 4.11. The Morgan fingerprint density at radius 1 is 1.32 bits per heavy atom. The molecule has 0 radical (unpaired) electrons. The minimum absolute atomic E-state index is 0.295. The second-order valence-corrected chi connectivity index (χ2v) is 8.56. The van der Waals surface area contributed by atoms with Crippen LogP contribution in [0.4, 0.5) is 0 Å². The molecule has 2 atom stereocenters. The molecule has 0 aliphatic carbocycles. The molecule has 2 heterocycles. The van der Waals surface area contributed by atoms with Gasteiger partial charge in [0.15, 0.2) is 0 Å². The molecule has 1 aliphatic heterocycles. The fourth-order valence-corrected chi connectivity index (χ4v) is 4.40. The van der Waals surface area contributed by atoms with Gasteiger partial charge in [0.1, 0.15) is 0 Å². The SMILES string of the molecule is CC(C)CC1CNCCC1c1ccc(C(C)(C)C)s1. The topological polar surface area (TPSA) is 12.0 Å². The molecule has 19 heavy (non-hydrogen) atoms. The summed E-state index contributed by atoms with van der Waals surface area (Å²) in [7, 11) is 0. The molecule has 1 aliphatic rings. The summed E-state index contributed by atoms with van der Waals surface area (Å²) in [5, 5.41) is 3.58.